The minimum atomic E-state index is -0.559. The summed E-state index contributed by atoms with van der Waals surface area (Å²) >= 11 is 0. The van der Waals surface area contributed by atoms with Gasteiger partial charge in [0.2, 0.25) is 0 Å². The third kappa shape index (κ3) is 1.20. The number of hydrogen-bond acceptors (Lipinski definition) is 4. The first-order valence-electron chi connectivity index (χ1n) is 7.94. The van der Waals surface area contributed by atoms with Crippen molar-refractivity contribution in [2.24, 2.45) is 23.7 Å². The van der Waals surface area contributed by atoms with Gasteiger partial charge < -0.3 is 18.9 Å². The Morgan fingerprint density at radius 2 is 1.81 bits per heavy atom. The molecule has 1 aromatic carbocycles. The van der Waals surface area contributed by atoms with Gasteiger partial charge in [0.05, 0.1) is 0 Å². The molecule has 1 saturated carbocycles. The third-order valence-corrected chi connectivity index (χ3v) is 6.27. The van der Waals surface area contributed by atoms with Crippen LogP contribution in [0, 0.1) is 23.7 Å². The molecule has 5 fully saturated rings. The summed E-state index contributed by atoms with van der Waals surface area (Å²) in [6, 6.07) is 10.5. The summed E-state index contributed by atoms with van der Waals surface area (Å²) in [5.41, 5.74) is 1.25. The predicted octanol–water partition coefficient (Wildman–Crippen LogP) is 2.28. The molecule has 4 aliphatic heterocycles. The van der Waals surface area contributed by atoms with Gasteiger partial charge in [-0.25, -0.2) is 0 Å². The molecule has 8 unspecified atom stereocenters. The predicted molar refractivity (Wildman–Crippen MR) is 71.8 cm³/mol. The first kappa shape index (κ1) is 11.6. The third-order valence-electron chi connectivity index (χ3n) is 6.27. The Kier molecular flexibility index (Phi) is 1.85. The molecule has 110 valence electrons. The standard InChI is InChI=1S/C17H18O4/c1-16-12-10-7-11-13(12)17(21-16,8-9-5-3-2-4-6-9)20-15(11)18-14(10)19-16/h2-6,10-15H,7-8H2,1H3. The molecule has 0 amide bonds. The van der Waals surface area contributed by atoms with Crippen LogP contribution in [-0.2, 0) is 25.4 Å². The van der Waals surface area contributed by atoms with Crippen molar-refractivity contribution in [3.63, 3.8) is 0 Å². The average molecular weight is 286 g/mol. The van der Waals surface area contributed by atoms with Crippen molar-refractivity contribution >= 4 is 0 Å². The molecule has 6 rings (SSSR count). The van der Waals surface area contributed by atoms with Crippen molar-refractivity contribution in [1.29, 1.82) is 0 Å². The van der Waals surface area contributed by atoms with Crippen LogP contribution in [-0.4, -0.2) is 24.2 Å². The molecule has 0 radical (unpaired) electrons. The second kappa shape index (κ2) is 3.35. The molecule has 5 aliphatic rings. The maximum Gasteiger partial charge on any atom is 0.182 e. The van der Waals surface area contributed by atoms with Crippen LogP contribution in [0.3, 0.4) is 0 Å². The zero-order valence-corrected chi connectivity index (χ0v) is 11.9. The van der Waals surface area contributed by atoms with Gasteiger partial charge in [0.1, 0.15) is 0 Å². The van der Waals surface area contributed by atoms with Crippen LogP contribution in [0.5, 0.6) is 0 Å². The van der Waals surface area contributed by atoms with Crippen molar-refractivity contribution in [2.45, 2.75) is 43.9 Å². The van der Waals surface area contributed by atoms with E-state index in [-0.39, 0.29) is 12.6 Å². The Hall–Kier alpha value is -0.940. The van der Waals surface area contributed by atoms with Gasteiger partial charge in [-0.2, -0.15) is 0 Å². The lowest BCUT2D eigenvalue weighted by Crippen LogP contribution is -2.45. The maximum atomic E-state index is 6.47. The van der Waals surface area contributed by atoms with Gasteiger partial charge in [-0.1, -0.05) is 30.3 Å². The molecule has 0 aromatic heterocycles. The van der Waals surface area contributed by atoms with Crippen molar-refractivity contribution in [2.75, 3.05) is 0 Å². The Balaban J connectivity index is 1.48. The lowest BCUT2D eigenvalue weighted by molar-refractivity contribution is -0.406. The topological polar surface area (TPSA) is 36.9 Å². The van der Waals surface area contributed by atoms with E-state index in [0.29, 0.717) is 23.7 Å². The van der Waals surface area contributed by atoms with E-state index in [2.05, 4.69) is 31.2 Å². The van der Waals surface area contributed by atoms with E-state index in [0.717, 1.165) is 6.42 Å². The van der Waals surface area contributed by atoms with Gasteiger partial charge in [-0.15, -0.1) is 0 Å². The lowest BCUT2D eigenvalue weighted by atomic mass is 9.81. The van der Waals surface area contributed by atoms with Crippen molar-refractivity contribution in [3.05, 3.63) is 35.9 Å². The summed E-state index contributed by atoms with van der Waals surface area (Å²) in [6.07, 6.45) is 1.68. The molecule has 4 nitrogen and oxygen atoms in total. The summed E-state index contributed by atoms with van der Waals surface area (Å²) in [4.78, 5) is 0. The molecule has 4 saturated heterocycles. The lowest BCUT2D eigenvalue weighted by Gasteiger charge is -2.37. The molecule has 1 aromatic rings. The maximum absolute atomic E-state index is 6.47. The minimum absolute atomic E-state index is 0.124. The fraction of sp³-hybridized carbons (Fsp3) is 0.647. The smallest absolute Gasteiger partial charge is 0.182 e. The summed E-state index contributed by atoms with van der Waals surface area (Å²) in [6.45, 7) is 2.07. The molecule has 4 heterocycles. The molecule has 4 heteroatoms. The highest BCUT2D eigenvalue weighted by molar-refractivity contribution is 5.23. The van der Waals surface area contributed by atoms with Gasteiger partial charge >= 0.3 is 0 Å². The van der Waals surface area contributed by atoms with Gasteiger partial charge in [0.15, 0.2) is 24.2 Å². The molecule has 1 aliphatic carbocycles. The van der Waals surface area contributed by atoms with Crippen LogP contribution in [0.2, 0.25) is 0 Å². The van der Waals surface area contributed by atoms with Crippen molar-refractivity contribution in [1.82, 2.24) is 0 Å². The first-order valence-corrected chi connectivity index (χ1v) is 7.94. The van der Waals surface area contributed by atoms with Gasteiger partial charge in [-0.05, 0) is 18.9 Å². The van der Waals surface area contributed by atoms with Crippen LogP contribution in [0.1, 0.15) is 18.9 Å². The molecular formula is C17H18O4. The molecule has 21 heavy (non-hydrogen) atoms. The van der Waals surface area contributed by atoms with E-state index in [1.165, 1.54) is 12.0 Å². The Labute approximate surface area is 123 Å². The highest BCUT2D eigenvalue weighted by atomic mass is 16.9. The van der Waals surface area contributed by atoms with E-state index in [4.69, 9.17) is 18.9 Å². The Bertz CT molecular complexity index is 618. The van der Waals surface area contributed by atoms with E-state index in [9.17, 15) is 0 Å². The van der Waals surface area contributed by atoms with E-state index in [1.54, 1.807) is 0 Å². The normalized spacial score (nSPS) is 58.3. The van der Waals surface area contributed by atoms with Crippen molar-refractivity contribution in [3.8, 4) is 0 Å². The zero-order chi connectivity index (χ0) is 13.8. The SMILES string of the molecule is CC12OC3OC4OC(Cc5ccccc5)(O1)C1C4CC3C12. The van der Waals surface area contributed by atoms with E-state index in [1.807, 2.05) is 6.07 Å². The van der Waals surface area contributed by atoms with Crippen LogP contribution in [0.25, 0.3) is 0 Å². The summed E-state index contributed by atoms with van der Waals surface area (Å²) in [5.74, 6) is 0.702. The minimum Gasteiger partial charge on any atom is -0.323 e. The summed E-state index contributed by atoms with van der Waals surface area (Å²) in [7, 11) is 0. The van der Waals surface area contributed by atoms with E-state index >= 15 is 0 Å². The fourth-order valence-corrected chi connectivity index (χ4v) is 5.77. The average Bonchev–Trinajstić information content (AvgIpc) is 3.08. The highest BCUT2D eigenvalue weighted by Crippen LogP contribution is 2.72. The zero-order valence-electron chi connectivity index (χ0n) is 11.9. The van der Waals surface area contributed by atoms with Gasteiger partial charge in [-0.3, -0.25) is 0 Å². The number of ether oxygens (including phenoxy) is 4. The molecule has 0 spiro atoms. The summed E-state index contributed by atoms with van der Waals surface area (Å²) < 4.78 is 25.0. The number of rotatable bonds is 2. The second-order valence-corrected chi connectivity index (χ2v) is 7.32. The number of hydrogen-bond donors (Lipinski definition) is 0. The van der Waals surface area contributed by atoms with Crippen LogP contribution in [0.15, 0.2) is 30.3 Å². The largest absolute Gasteiger partial charge is 0.323 e. The van der Waals surface area contributed by atoms with Crippen molar-refractivity contribution < 1.29 is 18.9 Å². The molecule has 2 bridgehead atoms. The highest BCUT2D eigenvalue weighted by Gasteiger charge is 2.81. The van der Waals surface area contributed by atoms with Crippen LogP contribution < -0.4 is 0 Å². The molecule has 8 atom stereocenters. The summed E-state index contributed by atoms with van der Waals surface area (Å²) in [5, 5.41) is 0. The Morgan fingerprint density at radius 3 is 2.67 bits per heavy atom. The van der Waals surface area contributed by atoms with E-state index < -0.39 is 11.6 Å². The van der Waals surface area contributed by atoms with Gasteiger partial charge in [0.25, 0.3) is 0 Å². The Morgan fingerprint density at radius 1 is 1.05 bits per heavy atom. The molecule has 0 N–H and O–H groups in total. The number of benzene rings is 1. The first-order chi connectivity index (χ1) is 10.2. The fourth-order valence-electron chi connectivity index (χ4n) is 5.77. The monoisotopic (exact) mass is 286 g/mol. The second-order valence-electron chi connectivity index (χ2n) is 7.32. The van der Waals surface area contributed by atoms with Crippen LogP contribution >= 0.6 is 0 Å². The quantitative estimate of drug-likeness (QED) is 0.836. The molecular weight excluding hydrogens is 268 g/mol. The van der Waals surface area contributed by atoms with Gasteiger partial charge in [0, 0.05) is 30.1 Å². The van der Waals surface area contributed by atoms with Crippen LogP contribution in [0.4, 0.5) is 0 Å².